The zero-order chi connectivity index (χ0) is 11.4. The number of nitrogens with one attached hydrogen (secondary N) is 2. The van der Waals surface area contributed by atoms with Crippen molar-refractivity contribution in [3.05, 3.63) is 11.8 Å². The molecular formula is C11H17N3O2. The molecule has 1 fully saturated rings. The lowest BCUT2D eigenvalue weighted by atomic mass is 10.1. The van der Waals surface area contributed by atoms with Crippen LogP contribution in [0.25, 0.3) is 0 Å². The zero-order valence-corrected chi connectivity index (χ0v) is 9.45. The molecule has 1 aromatic heterocycles. The van der Waals surface area contributed by atoms with Gasteiger partial charge in [0.25, 0.3) is 0 Å². The first-order chi connectivity index (χ1) is 7.75. The van der Waals surface area contributed by atoms with Crippen molar-refractivity contribution in [3.8, 4) is 0 Å². The third-order valence-electron chi connectivity index (χ3n) is 2.76. The number of hydrogen-bond acceptors (Lipinski definition) is 4. The molecule has 0 spiro atoms. The van der Waals surface area contributed by atoms with Crippen molar-refractivity contribution < 1.29 is 9.32 Å². The monoisotopic (exact) mass is 223 g/mol. The average Bonchev–Trinajstić information content (AvgIpc) is 2.56. The van der Waals surface area contributed by atoms with Crippen LogP contribution in [0.4, 0.5) is 5.82 Å². The van der Waals surface area contributed by atoms with Crippen molar-refractivity contribution >= 4 is 11.7 Å². The van der Waals surface area contributed by atoms with E-state index >= 15 is 0 Å². The highest BCUT2D eigenvalue weighted by Crippen LogP contribution is 2.12. The Labute approximate surface area is 94.6 Å². The Morgan fingerprint density at radius 1 is 1.56 bits per heavy atom. The Hall–Kier alpha value is -1.36. The van der Waals surface area contributed by atoms with Crippen LogP contribution in [0.5, 0.6) is 0 Å². The Morgan fingerprint density at radius 2 is 2.44 bits per heavy atom. The number of hydrogen-bond donors (Lipinski definition) is 2. The summed E-state index contributed by atoms with van der Waals surface area (Å²) in [5.41, 5.74) is 0. The first-order valence-electron chi connectivity index (χ1n) is 5.73. The first-order valence-corrected chi connectivity index (χ1v) is 5.73. The minimum absolute atomic E-state index is 0.0183. The van der Waals surface area contributed by atoms with Crippen molar-refractivity contribution in [2.24, 2.45) is 0 Å². The summed E-state index contributed by atoms with van der Waals surface area (Å²) in [7, 11) is 0. The van der Waals surface area contributed by atoms with Crippen LogP contribution in [0, 0.1) is 6.92 Å². The van der Waals surface area contributed by atoms with E-state index in [0.29, 0.717) is 11.6 Å². The van der Waals surface area contributed by atoms with Crippen molar-refractivity contribution in [3.63, 3.8) is 0 Å². The van der Waals surface area contributed by atoms with E-state index in [1.165, 1.54) is 6.42 Å². The van der Waals surface area contributed by atoms with Gasteiger partial charge in [0.1, 0.15) is 5.76 Å². The molecule has 5 nitrogen and oxygen atoms in total. The van der Waals surface area contributed by atoms with Crippen LogP contribution in [0.15, 0.2) is 10.6 Å². The molecule has 2 heterocycles. The molecule has 1 atom stereocenters. The molecule has 0 aromatic carbocycles. The SMILES string of the molecule is Cc1cc(NC(=O)C2CCCCCN2)no1. The minimum atomic E-state index is -0.0977. The number of nitrogens with zero attached hydrogens (tertiary/aromatic N) is 1. The van der Waals surface area contributed by atoms with Gasteiger partial charge in [-0.1, -0.05) is 18.0 Å². The molecule has 88 valence electrons. The smallest absolute Gasteiger partial charge is 0.242 e. The second-order valence-corrected chi connectivity index (χ2v) is 4.17. The van der Waals surface area contributed by atoms with Crippen LogP contribution in [0.3, 0.4) is 0 Å². The van der Waals surface area contributed by atoms with E-state index in [1.54, 1.807) is 13.0 Å². The summed E-state index contributed by atoms with van der Waals surface area (Å²) in [6, 6.07) is 1.62. The molecule has 1 saturated heterocycles. The van der Waals surface area contributed by atoms with E-state index < -0.39 is 0 Å². The highest BCUT2D eigenvalue weighted by atomic mass is 16.5. The van der Waals surface area contributed by atoms with Gasteiger partial charge in [-0.3, -0.25) is 4.79 Å². The van der Waals surface area contributed by atoms with Crippen molar-refractivity contribution in [2.45, 2.75) is 38.6 Å². The van der Waals surface area contributed by atoms with Gasteiger partial charge in [0.15, 0.2) is 5.82 Å². The summed E-state index contributed by atoms with van der Waals surface area (Å²) in [6.07, 6.45) is 4.33. The molecule has 1 amide bonds. The van der Waals surface area contributed by atoms with Crippen LogP contribution in [-0.2, 0) is 4.79 Å². The minimum Gasteiger partial charge on any atom is -0.360 e. The maximum atomic E-state index is 11.9. The lowest BCUT2D eigenvalue weighted by Crippen LogP contribution is -2.39. The maximum absolute atomic E-state index is 11.9. The van der Waals surface area contributed by atoms with Crippen LogP contribution < -0.4 is 10.6 Å². The highest BCUT2D eigenvalue weighted by molar-refractivity contribution is 5.94. The van der Waals surface area contributed by atoms with Gasteiger partial charge in [0.2, 0.25) is 5.91 Å². The molecule has 1 unspecified atom stereocenters. The standard InChI is InChI=1S/C11H17N3O2/c1-8-7-10(14-16-8)13-11(15)9-5-3-2-4-6-12-9/h7,9,12H,2-6H2,1H3,(H,13,14,15). The van der Waals surface area contributed by atoms with E-state index in [9.17, 15) is 4.79 Å². The summed E-state index contributed by atoms with van der Waals surface area (Å²) in [5, 5.41) is 9.73. The third-order valence-corrected chi connectivity index (χ3v) is 2.76. The fourth-order valence-electron chi connectivity index (χ4n) is 1.89. The molecule has 0 aliphatic carbocycles. The van der Waals surface area contributed by atoms with Gasteiger partial charge in [-0.2, -0.15) is 0 Å². The predicted octanol–water partition coefficient (Wildman–Crippen LogP) is 1.45. The average molecular weight is 223 g/mol. The van der Waals surface area contributed by atoms with Gasteiger partial charge in [-0.05, 0) is 26.3 Å². The molecule has 1 aromatic rings. The Kier molecular flexibility index (Phi) is 3.56. The Balaban J connectivity index is 1.91. The maximum Gasteiger partial charge on any atom is 0.242 e. The number of amides is 1. The van der Waals surface area contributed by atoms with Gasteiger partial charge in [-0.25, -0.2) is 0 Å². The fourth-order valence-corrected chi connectivity index (χ4v) is 1.89. The summed E-state index contributed by atoms with van der Waals surface area (Å²) < 4.78 is 4.89. The van der Waals surface area contributed by atoms with Gasteiger partial charge in [-0.15, -0.1) is 0 Å². The molecule has 2 rings (SSSR count). The second-order valence-electron chi connectivity index (χ2n) is 4.17. The molecule has 5 heteroatoms. The van der Waals surface area contributed by atoms with Crippen molar-refractivity contribution in [2.75, 3.05) is 11.9 Å². The molecule has 1 aliphatic heterocycles. The summed E-state index contributed by atoms with van der Waals surface area (Å²) in [4.78, 5) is 11.9. The summed E-state index contributed by atoms with van der Waals surface area (Å²) >= 11 is 0. The van der Waals surface area contributed by atoms with Gasteiger partial charge < -0.3 is 15.2 Å². The van der Waals surface area contributed by atoms with Gasteiger partial charge >= 0.3 is 0 Å². The number of carbonyl (C=O) groups is 1. The quantitative estimate of drug-likeness (QED) is 0.796. The van der Waals surface area contributed by atoms with E-state index in [0.717, 1.165) is 25.8 Å². The van der Waals surface area contributed by atoms with E-state index in [4.69, 9.17) is 4.52 Å². The van der Waals surface area contributed by atoms with E-state index in [-0.39, 0.29) is 11.9 Å². The van der Waals surface area contributed by atoms with Crippen LogP contribution in [0.2, 0.25) is 0 Å². The number of aromatic nitrogens is 1. The van der Waals surface area contributed by atoms with Gasteiger partial charge in [0, 0.05) is 6.07 Å². The van der Waals surface area contributed by atoms with Crippen molar-refractivity contribution in [1.82, 2.24) is 10.5 Å². The summed E-state index contributed by atoms with van der Waals surface area (Å²) in [6.45, 7) is 2.71. The molecule has 0 bridgehead atoms. The number of anilines is 1. The fraction of sp³-hybridized carbons (Fsp3) is 0.636. The molecule has 16 heavy (non-hydrogen) atoms. The first kappa shape index (κ1) is 11.1. The van der Waals surface area contributed by atoms with E-state index in [1.807, 2.05) is 0 Å². The Bertz CT molecular complexity index is 354. The van der Waals surface area contributed by atoms with Crippen LogP contribution in [-0.4, -0.2) is 23.7 Å². The number of carbonyl (C=O) groups excluding carboxylic acids is 1. The number of rotatable bonds is 2. The van der Waals surface area contributed by atoms with Crippen LogP contribution in [0.1, 0.15) is 31.4 Å². The summed E-state index contributed by atoms with van der Waals surface area (Å²) in [5.74, 6) is 1.17. The molecule has 0 radical (unpaired) electrons. The van der Waals surface area contributed by atoms with Crippen molar-refractivity contribution in [1.29, 1.82) is 0 Å². The second kappa shape index (κ2) is 5.12. The lowest BCUT2D eigenvalue weighted by molar-refractivity contribution is -0.118. The predicted molar refractivity (Wildman–Crippen MR) is 60.1 cm³/mol. The molecular weight excluding hydrogens is 206 g/mol. The topological polar surface area (TPSA) is 67.2 Å². The molecule has 1 aliphatic rings. The van der Waals surface area contributed by atoms with Gasteiger partial charge in [0.05, 0.1) is 6.04 Å². The number of aryl methyl sites for hydroxylation is 1. The third kappa shape index (κ3) is 2.82. The Morgan fingerprint density at radius 3 is 3.19 bits per heavy atom. The molecule has 0 saturated carbocycles. The highest BCUT2D eigenvalue weighted by Gasteiger charge is 2.20. The van der Waals surface area contributed by atoms with Crippen LogP contribution >= 0.6 is 0 Å². The lowest BCUT2D eigenvalue weighted by Gasteiger charge is -2.13. The zero-order valence-electron chi connectivity index (χ0n) is 9.45. The largest absolute Gasteiger partial charge is 0.360 e. The normalized spacial score (nSPS) is 21.4. The van der Waals surface area contributed by atoms with E-state index in [2.05, 4.69) is 15.8 Å². The molecule has 2 N–H and O–H groups in total.